The Bertz CT molecular complexity index is 803. The predicted molar refractivity (Wildman–Crippen MR) is 94.8 cm³/mol. The van der Waals surface area contributed by atoms with Crippen LogP contribution in [0.4, 0.5) is 0 Å². The van der Waals surface area contributed by atoms with Crippen LogP contribution in [-0.2, 0) is 10.3 Å². The highest BCUT2D eigenvalue weighted by Gasteiger charge is 2.23. The molecular formula is C18H15O2PS. The van der Waals surface area contributed by atoms with Crippen LogP contribution in [0.3, 0.4) is 0 Å². The van der Waals surface area contributed by atoms with E-state index in [1.807, 2.05) is 54.6 Å². The number of allylic oxidation sites excluding steroid dienone is 4. The van der Waals surface area contributed by atoms with Gasteiger partial charge >= 0.3 is 0 Å². The Morgan fingerprint density at radius 1 is 0.818 bits per heavy atom. The van der Waals surface area contributed by atoms with E-state index in [0.717, 1.165) is 15.9 Å². The molecule has 0 aromatic heterocycles. The second-order valence-electron chi connectivity index (χ2n) is 4.85. The van der Waals surface area contributed by atoms with Crippen molar-refractivity contribution in [3.8, 4) is 0 Å². The van der Waals surface area contributed by atoms with Crippen molar-refractivity contribution in [1.82, 2.24) is 0 Å². The number of hydrogen-bond acceptors (Lipinski definition) is 2. The summed E-state index contributed by atoms with van der Waals surface area (Å²) >= 11 is 0. The van der Waals surface area contributed by atoms with E-state index in [9.17, 15) is 8.42 Å². The molecule has 1 aliphatic carbocycles. The molecule has 0 fully saturated rings. The fourth-order valence-corrected chi connectivity index (χ4v) is 5.81. The third-order valence-electron chi connectivity index (χ3n) is 3.45. The summed E-state index contributed by atoms with van der Waals surface area (Å²) in [4.78, 5) is 0.501. The van der Waals surface area contributed by atoms with Crippen LogP contribution in [0.5, 0.6) is 0 Å². The van der Waals surface area contributed by atoms with E-state index in [2.05, 4.69) is 24.3 Å². The van der Waals surface area contributed by atoms with Gasteiger partial charge in [-0.05, 0) is 18.5 Å². The van der Waals surface area contributed by atoms with Crippen LogP contribution < -0.4 is 10.6 Å². The van der Waals surface area contributed by atoms with Crippen molar-refractivity contribution in [3.63, 3.8) is 0 Å². The highest BCUT2D eigenvalue weighted by Crippen LogP contribution is 2.44. The van der Waals surface area contributed by atoms with E-state index >= 15 is 0 Å². The minimum atomic E-state index is -2.19. The smallest absolute Gasteiger partial charge is 0.184 e. The highest BCUT2D eigenvalue weighted by atomic mass is 32.2. The highest BCUT2D eigenvalue weighted by molar-refractivity contribution is 7.82. The molecule has 0 spiro atoms. The average molecular weight is 326 g/mol. The Kier molecular flexibility index (Phi) is 4.67. The topological polar surface area (TPSA) is 34.1 Å². The fourth-order valence-electron chi connectivity index (χ4n) is 2.47. The van der Waals surface area contributed by atoms with Crippen LogP contribution in [-0.4, -0.2) is 13.3 Å². The lowest BCUT2D eigenvalue weighted by atomic mass is 10.2. The Morgan fingerprint density at radius 3 is 1.86 bits per heavy atom. The molecule has 0 unspecified atom stereocenters. The van der Waals surface area contributed by atoms with Gasteiger partial charge in [-0.15, -0.1) is 0 Å². The van der Waals surface area contributed by atoms with E-state index in [0.29, 0.717) is 11.3 Å². The van der Waals surface area contributed by atoms with Crippen LogP contribution >= 0.6 is 7.92 Å². The minimum Gasteiger partial charge on any atom is -0.184 e. The summed E-state index contributed by atoms with van der Waals surface area (Å²) in [7, 11) is -3.05. The fraction of sp³-hybridized carbons (Fsp3) is 0.0556. The van der Waals surface area contributed by atoms with Gasteiger partial charge in [-0.3, -0.25) is 0 Å². The van der Waals surface area contributed by atoms with Crippen molar-refractivity contribution in [1.29, 1.82) is 0 Å². The van der Waals surface area contributed by atoms with E-state index in [4.69, 9.17) is 0 Å². The van der Waals surface area contributed by atoms with Crippen LogP contribution in [0.1, 0.15) is 6.42 Å². The molecule has 2 aromatic carbocycles. The molecule has 1 aliphatic rings. The molecular weight excluding hydrogens is 311 g/mol. The monoisotopic (exact) mass is 326 g/mol. The summed E-state index contributed by atoms with van der Waals surface area (Å²) in [5, 5.41) is 3.24. The second-order valence-corrected chi connectivity index (χ2v) is 8.00. The molecule has 0 bridgehead atoms. The first-order valence-electron chi connectivity index (χ1n) is 7.00. The summed E-state index contributed by atoms with van der Waals surface area (Å²) in [5.74, 6) is 0. The Balaban J connectivity index is 2.21. The first-order valence-corrected chi connectivity index (χ1v) is 9.41. The van der Waals surface area contributed by atoms with Gasteiger partial charge in [-0.1, -0.05) is 78.9 Å². The normalized spacial score (nSPS) is 14.0. The quantitative estimate of drug-likeness (QED) is 0.642. The van der Waals surface area contributed by atoms with Gasteiger partial charge in [0.1, 0.15) is 0 Å². The molecule has 0 saturated heterocycles. The van der Waals surface area contributed by atoms with Gasteiger partial charge in [0.05, 0.1) is 4.86 Å². The lowest BCUT2D eigenvalue weighted by Gasteiger charge is -2.23. The molecule has 3 rings (SSSR count). The second kappa shape index (κ2) is 6.87. The van der Waals surface area contributed by atoms with Crippen LogP contribution in [0.25, 0.3) is 0 Å². The Labute approximate surface area is 133 Å². The van der Waals surface area contributed by atoms with Crippen molar-refractivity contribution >= 4 is 33.7 Å². The largest absolute Gasteiger partial charge is 0.218 e. The molecule has 22 heavy (non-hydrogen) atoms. The molecule has 0 heterocycles. The maximum atomic E-state index is 11.6. The third kappa shape index (κ3) is 3.11. The summed E-state index contributed by atoms with van der Waals surface area (Å²) in [5.41, 5.74) is 0. The average Bonchev–Trinajstić information content (AvgIpc) is 2.57. The standard InChI is InChI=1S/C18H15O2PS/c19-22(20)18-14-8-7-13-17(18)21(15-9-3-1-4-10-15)16-11-5-2-6-12-16/h1-13H,14H2. The lowest BCUT2D eigenvalue weighted by molar-refractivity contribution is 0.627. The molecule has 4 heteroatoms. The molecule has 0 amide bonds. The molecule has 2 aromatic rings. The maximum Gasteiger partial charge on any atom is 0.218 e. The molecule has 0 radical (unpaired) electrons. The van der Waals surface area contributed by atoms with Crippen molar-refractivity contribution in [2.24, 2.45) is 0 Å². The number of hydrogen-bond donors (Lipinski definition) is 0. The maximum absolute atomic E-state index is 11.6. The predicted octanol–water partition coefficient (Wildman–Crippen LogP) is 3.01. The summed E-state index contributed by atoms with van der Waals surface area (Å²) in [6.45, 7) is 0. The Morgan fingerprint density at radius 2 is 1.36 bits per heavy atom. The lowest BCUT2D eigenvalue weighted by Crippen LogP contribution is -2.18. The van der Waals surface area contributed by atoms with Crippen LogP contribution in [0, 0.1) is 0 Å². The zero-order chi connectivity index (χ0) is 15.4. The van der Waals surface area contributed by atoms with Gasteiger partial charge in [-0.25, -0.2) is 0 Å². The molecule has 0 N–H and O–H groups in total. The van der Waals surface area contributed by atoms with Crippen LogP contribution in [0.15, 0.2) is 84.2 Å². The zero-order valence-corrected chi connectivity index (χ0v) is 13.6. The van der Waals surface area contributed by atoms with Gasteiger partial charge in [0.25, 0.3) is 0 Å². The minimum absolute atomic E-state index is 0.473. The molecule has 0 saturated carbocycles. The van der Waals surface area contributed by atoms with Crippen molar-refractivity contribution in [2.75, 3.05) is 0 Å². The van der Waals surface area contributed by atoms with Crippen molar-refractivity contribution < 1.29 is 8.42 Å². The zero-order valence-electron chi connectivity index (χ0n) is 11.9. The molecule has 0 aliphatic heterocycles. The van der Waals surface area contributed by atoms with Gasteiger partial charge in [-0.2, -0.15) is 8.42 Å². The van der Waals surface area contributed by atoms with Crippen molar-refractivity contribution in [2.45, 2.75) is 6.42 Å². The van der Waals surface area contributed by atoms with Crippen LogP contribution in [0.2, 0.25) is 0 Å². The number of benzene rings is 2. The van der Waals surface area contributed by atoms with E-state index in [1.54, 1.807) is 0 Å². The molecule has 2 nitrogen and oxygen atoms in total. The number of rotatable bonds is 3. The molecule has 110 valence electrons. The Hall–Kier alpha value is -1.96. The SMILES string of the molecule is O=S(=O)=C1CC=CC=C1P(c1ccccc1)c1ccccc1. The van der Waals surface area contributed by atoms with E-state index in [-0.39, 0.29) is 0 Å². The first-order chi connectivity index (χ1) is 10.8. The molecule has 0 atom stereocenters. The third-order valence-corrected chi connectivity index (χ3v) is 6.92. The summed E-state index contributed by atoms with van der Waals surface area (Å²) < 4.78 is 23.3. The first kappa shape index (κ1) is 15.0. The van der Waals surface area contributed by atoms with Gasteiger partial charge in [0.2, 0.25) is 10.3 Å². The summed E-state index contributed by atoms with van der Waals surface area (Å²) in [6.07, 6.45) is 6.26. The summed E-state index contributed by atoms with van der Waals surface area (Å²) in [6, 6.07) is 20.3. The van der Waals surface area contributed by atoms with E-state index in [1.165, 1.54) is 0 Å². The van der Waals surface area contributed by atoms with Gasteiger partial charge < -0.3 is 0 Å². The van der Waals surface area contributed by atoms with Gasteiger partial charge in [0.15, 0.2) is 0 Å². The van der Waals surface area contributed by atoms with Crippen molar-refractivity contribution in [3.05, 3.63) is 84.2 Å². The van der Waals surface area contributed by atoms with Gasteiger partial charge in [0, 0.05) is 11.7 Å². The van der Waals surface area contributed by atoms with E-state index < -0.39 is 18.2 Å².